The van der Waals surface area contributed by atoms with Crippen molar-refractivity contribution in [1.29, 1.82) is 0 Å². The molecule has 21 heavy (non-hydrogen) atoms. The van der Waals surface area contributed by atoms with Crippen molar-refractivity contribution >= 4 is 22.8 Å². The first-order chi connectivity index (χ1) is 9.89. The summed E-state index contributed by atoms with van der Waals surface area (Å²) in [5, 5.41) is 0.0695. The fourth-order valence-corrected chi connectivity index (χ4v) is 2.52. The molecular weight excluding hydrogens is 303 g/mol. The van der Waals surface area contributed by atoms with Crippen LogP contribution in [0.15, 0.2) is 42.6 Å². The predicted octanol–water partition coefficient (Wildman–Crippen LogP) is 4.26. The zero-order valence-electron chi connectivity index (χ0n) is 10.5. The van der Waals surface area contributed by atoms with Gasteiger partial charge in [0.1, 0.15) is 11.3 Å². The van der Waals surface area contributed by atoms with E-state index >= 15 is 0 Å². The summed E-state index contributed by atoms with van der Waals surface area (Å²) in [6, 6.07) is 8.46. The second-order valence-corrected chi connectivity index (χ2v) is 4.81. The van der Waals surface area contributed by atoms with Crippen LogP contribution in [-0.2, 0) is 6.18 Å². The Labute approximate surface area is 122 Å². The highest BCUT2D eigenvalue weighted by Crippen LogP contribution is 2.38. The van der Waals surface area contributed by atoms with Crippen molar-refractivity contribution in [2.45, 2.75) is 6.18 Å². The number of imidazole rings is 1. The largest absolute Gasteiger partial charge is 0.417 e. The van der Waals surface area contributed by atoms with Gasteiger partial charge in [0.2, 0.25) is 0 Å². The van der Waals surface area contributed by atoms with Gasteiger partial charge in [-0.3, -0.25) is 4.40 Å². The average molecular weight is 312 g/mol. The van der Waals surface area contributed by atoms with E-state index in [2.05, 4.69) is 4.98 Å². The van der Waals surface area contributed by atoms with Gasteiger partial charge < -0.3 is 5.73 Å². The minimum Gasteiger partial charge on any atom is -0.397 e. The normalized spacial score (nSPS) is 12.0. The number of nitrogens with two attached hydrogens (primary N) is 1. The summed E-state index contributed by atoms with van der Waals surface area (Å²) in [7, 11) is 0. The lowest BCUT2D eigenvalue weighted by Gasteiger charge is -2.11. The molecule has 1 aromatic carbocycles. The first kappa shape index (κ1) is 13.8. The molecular formula is C14H9ClF3N3. The van der Waals surface area contributed by atoms with Gasteiger partial charge in [-0.2, -0.15) is 13.2 Å². The van der Waals surface area contributed by atoms with E-state index in [0.29, 0.717) is 11.2 Å². The summed E-state index contributed by atoms with van der Waals surface area (Å²) < 4.78 is 40.8. The van der Waals surface area contributed by atoms with Crippen molar-refractivity contribution in [2.24, 2.45) is 0 Å². The number of nitrogen functional groups attached to an aromatic ring is 1. The summed E-state index contributed by atoms with van der Waals surface area (Å²) in [5.41, 5.74) is 5.74. The lowest BCUT2D eigenvalue weighted by Crippen LogP contribution is -2.08. The summed E-state index contributed by atoms with van der Waals surface area (Å²) in [4.78, 5) is 4.04. The third-order valence-electron chi connectivity index (χ3n) is 3.13. The van der Waals surface area contributed by atoms with E-state index in [0.717, 1.165) is 6.07 Å². The number of nitrogens with zero attached hydrogens (tertiary/aromatic N) is 2. The number of anilines is 1. The summed E-state index contributed by atoms with van der Waals surface area (Å²) in [6.45, 7) is 0. The van der Waals surface area contributed by atoms with Gasteiger partial charge >= 0.3 is 6.18 Å². The number of hydrogen-bond donors (Lipinski definition) is 1. The van der Waals surface area contributed by atoms with Gasteiger partial charge in [-0.15, -0.1) is 0 Å². The van der Waals surface area contributed by atoms with Crippen molar-refractivity contribution in [3.63, 3.8) is 0 Å². The number of benzene rings is 1. The van der Waals surface area contributed by atoms with E-state index in [1.807, 2.05) is 0 Å². The molecule has 0 aliphatic carbocycles. The molecule has 0 bridgehead atoms. The molecule has 0 aliphatic heterocycles. The predicted molar refractivity (Wildman–Crippen MR) is 75.1 cm³/mol. The maximum absolute atomic E-state index is 13.1. The molecule has 3 aromatic rings. The van der Waals surface area contributed by atoms with Crippen LogP contribution < -0.4 is 5.73 Å². The Morgan fingerprint density at radius 3 is 2.52 bits per heavy atom. The number of hydrogen-bond acceptors (Lipinski definition) is 2. The minimum atomic E-state index is -4.48. The summed E-state index contributed by atoms with van der Waals surface area (Å²) in [6.07, 6.45) is -2.90. The Morgan fingerprint density at radius 2 is 1.81 bits per heavy atom. The molecule has 2 aromatic heterocycles. The van der Waals surface area contributed by atoms with Crippen LogP contribution in [0.5, 0.6) is 0 Å². The topological polar surface area (TPSA) is 43.3 Å². The molecule has 0 saturated carbocycles. The van der Waals surface area contributed by atoms with Crippen LogP contribution in [0.1, 0.15) is 5.56 Å². The maximum Gasteiger partial charge on any atom is 0.417 e. The fraction of sp³-hybridized carbons (Fsp3) is 0.0714. The number of pyridine rings is 1. The van der Waals surface area contributed by atoms with Gasteiger partial charge in [0, 0.05) is 11.8 Å². The van der Waals surface area contributed by atoms with Crippen LogP contribution in [-0.4, -0.2) is 9.38 Å². The molecule has 0 amide bonds. The Morgan fingerprint density at radius 1 is 1.10 bits per heavy atom. The monoisotopic (exact) mass is 311 g/mol. The Hall–Kier alpha value is -2.21. The molecule has 108 valence electrons. The highest BCUT2D eigenvalue weighted by Gasteiger charge is 2.34. The van der Waals surface area contributed by atoms with Crippen LogP contribution in [0, 0.1) is 0 Å². The van der Waals surface area contributed by atoms with E-state index in [1.165, 1.54) is 22.6 Å². The van der Waals surface area contributed by atoms with Crippen LogP contribution in [0.25, 0.3) is 16.9 Å². The molecule has 0 unspecified atom stereocenters. The number of halogens is 4. The summed E-state index contributed by atoms with van der Waals surface area (Å²) >= 11 is 6.01. The highest BCUT2D eigenvalue weighted by atomic mass is 35.5. The van der Waals surface area contributed by atoms with E-state index in [-0.39, 0.29) is 16.5 Å². The zero-order chi connectivity index (χ0) is 15.2. The van der Waals surface area contributed by atoms with Crippen LogP contribution in [0.4, 0.5) is 18.9 Å². The first-order valence-corrected chi connectivity index (χ1v) is 6.36. The van der Waals surface area contributed by atoms with E-state index < -0.39 is 11.7 Å². The molecule has 2 heterocycles. The van der Waals surface area contributed by atoms with E-state index in [1.54, 1.807) is 18.3 Å². The molecule has 0 fully saturated rings. The molecule has 0 aliphatic rings. The third kappa shape index (κ3) is 2.21. The Bertz CT molecular complexity index is 824. The van der Waals surface area contributed by atoms with Gasteiger partial charge in [0.25, 0.3) is 0 Å². The number of rotatable bonds is 1. The lowest BCUT2D eigenvalue weighted by molar-refractivity contribution is -0.137. The standard InChI is InChI=1S/C14H9ClF3N3/c15-12-11-10(19)6-3-7-21(11)13(20-12)8-4-1-2-5-9(8)14(16,17)18/h1-7H,19H2. The van der Waals surface area contributed by atoms with Gasteiger partial charge in [-0.25, -0.2) is 4.98 Å². The van der Waals surface area contributed by atoms with Gasteiger partial charge in [0.15, 0.2) is 5.15 Å². The van der Waals surface area contributed by atoms with Gasteiger partial charge in [0.05, 0.1) is 11.3 Å². The molecule has 0 spiro atoms. The summed E-state index contributed by atoms with van der Waals surface area (Å²) in [5.74, 6) is 0.107. The molecule has 3 rings (SSSR count). The quantitative estimate of drug-likeness (QED) is 0.730. The van der Waals surface area contributed by atoms with Gasteiger partial charge in [-0.05, 0) is 18.2 Å². The van der Waals surface area contributed by atoms with Crippen molar-refractivity contribution in [1.82, 2.24) is 9.38 Å². The van der Waals surface area contributed by atoms with Crippen LogP contribution in [0.2, 0.25) is 5.15 Å². The SMILES string of the molecule is Nc1cccn2c(-c3ccccc3C(F)(F)F)nc(Cl)c12. The number of alkyl halides is 3. The second-order valence-electron chi connectivity index (χ2n) is 4.45. The minimum absolute atomic E-state index is 0.0440. The van der Waals surface area contributed by atoms with Gasteiger partial charge in [-0.1, -0.05) is 29.8 Å². The maximum atomic E-state index is 13.1. The van der Waals surface area contributed by atoms with Crippen LogP contribution >= 0.6 is 11.6 Å². The fourth-order valence-electron chi connectivity index (χ4n) is 2.24. The molecule has 7 heteroatoms. The molecule has 0 saturated heterocycles. The van der Waals surface area contributed by atoms with Crippen molar-refractivity contribution in [2.75, 3.05) is 5.73 Å². The molecule has 0 atom stereocenters. The molecule has 2 N–H and O–H groups in total. The lowest BCUT2D eigenvalue weighted by atomic mass is 10.1. The average Bonchev–Trinajstić information content (AvgIpc) is 2.76. The smallest absolute Gasteiger partial charge is 0.397 e. The molecule has 3 nitrogen and oxygen atoms in total. The van der Waals surface area contributed by atoms with E-state index in [9.17, 15) is 13.2 Å². The number of fused-ring (bicyclic) bond motifs is 1. The Kier molecular flexibility index (Phi) is 3.06. The highest BCUT2D eigenvalue weighted by molar-refractivity contribution is 6.33. The third-order valence-corrected chi connectivity index (χ3v) is 3.39. The van der Waals surface area contributed by atoms with Crippen molar-refractivity contribution in [3.05, 3.63) is 53.3 Å². The Balaban J connectivity index is 2.35. The second kappa shape index (κ2) is 4.66. The molecule has 0 radical (unpaired) electrons. The van der Waals surface area contributed by atoms with E-state index in [4.69, 9.17) is 17.3 Å². The van der Waals surface area contributed by atoms with Crippen LogP contribution in [0.3, 0.4) is 0 Å². The van der Waals surface area contributed by atoms with Crippen molar-refractivity contribution < 1.29 is 13.2 Å². The zero-order valence-corrected chi connectivity index (χ0v) is 11.3. The first-order valence-electron chi connectivity index (χ1n) is 5.98. The van der Waals surface area contributed by atoms with Crippen molar-refractivity contribution in [3.8, 4) is 11.4 Å². The number of aromatic nitrogens is 2.